The van der Waals surface area contributed by atoms with Crippen molar-refractivity contribution in [2.24, 2.45) is 35.5 Å². The van der Waals surface area contributed by atoms with Crippen molar-refractivity contribution in [2.45, 2.75) is 59.3 Å². The molecule has 0 spiro atoms. The highest BCUT2D eigenvalue weighted by atomic mass is 14.5. The van der Waals surface area contributed by atoms with E-state index >= 15 is 0 Å². The summed E-state index contributed by atoms with van der Waals surface area (Å²) in [4.78, 5) is 0. The molecule has 96 valence electrons. The SMILES string of the molecule is CC(=CCC1C2CC3CC(C2)CC1C3)C(C)C. The van der Waals surface area contributed by atoms with E-state index in [1.165, 1.54) is 6.42 Å². The van der Waals surface area contributed by atoms with E-state index in [1.807, 2.05) is 0 Å². The Morgan fingerprint density at radius 1 is 1.00 bits per heavy atom. The highest BCUT2D eigenvalue weighted by Gasteiger charge is 2.47. The minimum Gasteiger partial charge on any atom is -0.0851 e. The molecule has 0 saturated heterocycles. The van der Waals surface area contributed by atoms with E-state index in [-0.39, 0.29) is 0 Å². The van der Waals surface area contributed by atoms with Crippen LogP contribution in [0.3, 0.4) is 0 Å². The summed E-state index contributed by atoms with van der Waals surface area (Å²) in [6, 6.07) is 0. The van der Waals surface area contributed by atoms with Gasteiger partial charge in [-0.25, -0.2) is 0 Å². The highest BCUT2D eigenvalue weighted by Crippen LogP contribution is 2.57. The van der Waals surface area contributed by atoms with Crippen molar-refractivity contribution in [3.05, 3.63) is 11.6 Å². The summed E-state index contributed by atoms with van der Waals surface area (Å²) >= 11 is 0. The normalized spacial score (nSPS) is 44.7. The molecule has 17 heavy (non-hydrogen) atoms. The number of hydrogen-bond donors (Lipinski definition) is 0. The zero-order valence-corrected chi connectivity index (χ0v) is 11.8. The molecule has 4 rings (SSSR count). The van der Waals surface area contributed by atoms with Crippen LogP contribution < -0.4 is 0 Å². The maximum Gasteiger partial charge on any atom is -0.0263 e. The first kappa shape index (κ1) is 11.8. The van der Waals surface area contributed by atoms with Gasteiger partial charge in [0.05, 0.1) is 0 Å². The molecular formula is C17H28. The molecule has 0 aliphatic heterocycles. The van der Waals surface area contributed by atoms with Crippen molar-refractivity contribution in [1.82, 2.24) is 0 Å². The van der Waals surface area contributed by atoms with Crippen molar-refractivity contribution >= 4 is 0 Å². The number of hydrogen-bond acceptors (Lipinski definition) is 0. The molecule has 0 atom stereocenters. The second-order valence-corrected chi connectivity index (χ2v) is 7.43. The van der Waals surface area contributed by atoms with E-state index in [9.17, 15) is 0 Å². The minimum absolute atomic E-state index is 0.742. The third-order valence-electron chi connectivity index (χ3n) is 6.04. The maximum atomic E-state index is 2.57. The summed E-state index contributed by atoms with van der Waals surface area (Å²) < 4.78 is 0. The van der Waals surface area contributed by atoms with Crippen LogP contribution in [0.15, 0.2) is 11.6 Å². The Labute approximate surface area is 107 Å². The molecule has 0 nitrogen and oxygen atoms in total. The van der Waals surface area contributed by atoms with E-state index in [1.54, 1.807) is 37.7 Å². The Balaban J connectivity index is 1.66. The van der Waals surface area contributed by atoms with Gasteiger partial charge in [0.25, 0.3) is 0 Å². The molecule has 0 amide bonds. The topological polar surface area (TPSA) is 0 Å². The molecule has 0 radical (unpaired) electrons. The van der Waals surface area contributed by atoms with Gasteiger partial charge in [0.2, 0.25) is 0 Å². The van der Waals surface area contributed by atoms with Crippen LogP contribution in [-0.4, -0.2) is 0 Å². The largest absolute Gasteiger partial charge is 0.0851 e. The standard InChI is InChI=1S/C17H28/c1-11(2)12(3)4-5-17-15-7-13-6-14(9-15)10-16(17)8-13/h4,11,13-17H,5-10H2,1-3H3. The van der Waals surface area contributed by atoms with Crippen molar-refractivity contribution < 1.29 is 0 Å². The summed E-state index contributed by atoms with van der Waals surface area (Å²) in [6.07, 6.45) is 11.8. The first-order valence-electron chi connectivity index (χ1n) is 7.80. The van der Waals surface area contributed by atoms with Gasteiger partial charge >= 0.3 is 0 Å². The fraction of sp³-hybridized carbons (Fsp3) is 0.882. The lowest BCUT2D eigenvalue weighted by atomic mass is 9.51. The van der Waals surface area contributed by atoms with Crippen molar-refractivity contribution in [3.63, 3.8) is 0 Å². The lowest BCUT2D eigenvalue weighted by Gasteiger charge is -2.54. The minimum atomic E-state index is 0.742. The lowest BCUT2D eigenvalue weighted by Crippen LogP contribution is -2.44. The van der Waals surface area contributed by atoms with Crippen LogP contribution in [0.5, 0.6) is 0 Å². The van der Waals surface area contributed by atoms with Crippen LogP contribution in [-0.2, 0) is 0 Å². The molecule has 4 bridgehead atoms. The second kappa shape index (κ2) is 4.44. The molecule has 4 aliphatic carbocycles. The average molecular weight is 232 g/mol. The van der Waals surface area contributed by atoms with Gasteiger partial charge in [-0.05, 0) is 81.0 Å². The van der Waals surface area contributed by atoms with Gasteiger partial charge in [-0.1, -0.05) is 25.5 Å². The summed E-state index contributed by atoms with van der Waals surface area (Å²) in [5, 5.41) is 0. The van der Waals surface area contributed by atoms with Crippen LogP contribution in [0.2, 0.25) is 0 Å². The third-order valence-corrected chi connectivity index (χ3v) is 6.04. The maximum absolute atomic E-state index is 2.57. The molecule has 0 aromatic carbocycles. The molecule has 4 fully saturated rings. The molecule has 0 N–H and O–H groups in total. The van der Waals surface area contributed by atoms with E-state index < -0.39 is 0 Å². The van der Waals surface area contributed by atoms with Gasteiger partial charge in [0.15, 0.2) is 0 Å². The molecule has 0 aromatic rings. The molecule has 4 saturated carbocycles. The Bertz CT molecular complexity index is 282. The molecule has 0 aromatic heterocycles. The Hall–Kier alpha value is -0.260. The average Bonchev–Trinajstić information content (AvgIpc) is 2.26. The Morgan fingerprint density at radius 2 is 1.53 bits per heavy atom. The monoisotopic (exact) mass is 232 g/mol. The van der Waals surface area contributed by atoms with Crippen molar-refractivity contribution in [1.29, 1.82) is 0 Å². The molecule has 0 heterocycles. The second-order valence-electron chi connectivity index (χ2n) is 7.43. The number of rotatable bonds is 3. The summed E-state index contributed by atoms with van der Waals surface area (Å²) in [6.45, 7) is 6.96. The Kier molecular flexibility index (Phi) is 3.09. The van der Waals surface area contributed by atoms with Crippen LogP contribution in [0.1, 0.15) is 59.3 Å². The fourth-order valence-corrected chi connectivity index (χ4v) is 4.98. The first-order valence-corrected chi connectivity index (χ1v) is 7.80. The quantitative estimate of drug-likeness (QED) is 0.597. The summed E-state index contributed by atoms with van der Waals surface area (Å²) in [5.41, 5.74) is 1.61. The zero-order valence-electron chi connectivity index (χ0n) is 11.8. The summed E-state index contributed by atoms with van der Waals surface area (Å²) in [7, 11) is 0. The zero-order chi connectivity index (χ0) is 12.0. The first-order chi connectivity index (χ1) is 8.13. The highest BCUT2D eigenvalue weighted by molar-refractivity contribution is 5.05. The third kappa shape index (κ3) is 2.20. The smallest absolute Gasteiger partial charge is 0.0263 e. The van der Waals surface area contributed by atoms with Gasteiger partial charge in [-0.3, -0.25) is 0 Å². The van der Waals surface area contributed by atoms with E-state index in [0.29, 0.717) is 0 Å². The molecular weight excluding hydrogens is 204 g/mol. The van der Waals surface area contributed by atoms with E-state index in [0.717, 1.165) is 35.5 Å². The molecule has 0 unspecified atom stereocenters. The Morgan fingerprint density at radius 3 is 2.00 bits per heavy atom. The van der Waals surface area contributed by atoms with E-state index in [2.05, 4.69) is 26.8 Å². The van der Waals surface area contributed by atoms with Gasteiger partial charge in [0.1, 0.15) is 0 Å². The van der Waals surface area contributed by atoms with Gasteiger partial charge in [-0.2, -0.15) is 0 Å². The lowest BCUT2D eigenvalue weighted by molar-refractivity contribution is -0.0350. The van der Waals surface area contributed by atoms with Crippen LogP contribution >= 0.6 is 0 Å². The van der Waals surface area contributed by atoms with E-state index in [4.69, 9.17) is 0 Å². The van der Waals surface area contributed by atoms with Gasteiger partial charge < -0.3 is 0 Å². The summed E-state index contributed by atoms with van der Waals surface area (Å²) in [5.74, 6) is 6.25. The number of allylic oxidation sites excluding steroid dienone is 2. The molecule has 0 heteroatoms. The van der Waals surface area contributed by atoms with Crippen LogP contribution in [0, 0.1) is 35.5 Å². The van der Waals surface area contributed by atoms with Crippen LogP contribution in [0.25, 0.3) is 0 Å². The fourth-order valence-electron chi connectivity index (χ4n) is 4.98. The predicted octanol–water partition coefficient (Wildman–Crippen LogP) is 5.05. The van der Waals surface area contributed by atoms with Gasteiger partial charge in [-0.15, -0.1) is 0 Å². The van der Waals surface area contributed by atoms with Crippen molar-refractivity contribution in [3.8, 4) is 0 Å². The van der Waals surface area contributed by atoms with Gasteiger partial charge in [0, 0.05) is 0 Å². The predicted molar refractivity (Wildman–Crippen MR) is 73.7 cm³/mol. The van der Waals surface area contributed by atoms with Crippen LogP contribution in [0.4, 0.5) is 0 Å². The molecule has 4 aliphatic rings. The van der Waals surface area contributed by atoms with Crippen molar-refractivity contribution in [2.75, 3.05) is 0 Å².